The summed E-state index contributed by atoms with van der Waals surface area (Å²) in [5.74, 6) is 1.45. The second-order valence-electron chi connectivity index (χ2n) is 4.58. The van der Waals surface area contributed by atoms with E-state index in [1.54, 1.807) is 6.08 Å². The lowest BCUT2D eigenvalue weighted by Crippen LogP contribution is -2.06. The van der Waals surface area contributed by atoms with Crippen molar-refractivity contribution in [1.29, 1.82) is 0 Å². The highest BCUT2D eigenvalue weighted by atomic mass is 79.9. The van der Waals surface area contributed by atoms with Crippen LogP contribution in [0.3, 0.4) is 0 Å². The molecule has 0 N–H and O–H groups in total. The molecule has 4 nitrogen and oxygen atoms in total. The number of halogens is 3. The molecule has 0 amide bonds. The molecule has 1 aromatic rings. The number of benzene rings is 1. The fourth-order valence-electron chi connectivity index (χ4n) is 1.52. The van der Waals surface area contributed by atoms with Gasteiger partial charge in [-0.05, 0) is 60.5 Å². The van der Waals surface area contributed by atoms with Crippen molar-refractivity contribution in [2.45, 2.75) is 20.8 Å². The molecular formula is C15H18BrCl2NO3. The summed E-state index contributed by atoms with van der Waals surface area (Å²) in [5.41, 5.74) is 1.81. The fraction of sp³-hybridized carbons (Fsp3) is 0.400. The summed E-state index contributed by atoms with van der Waals surface area (Å²) >= 11 is 14.5. The number of hydrogen-bond acceptors (Lipinski definition) is 4. The molecule has 0 unspecified atom stereocenters. The van der Waals surface area contributed by atoms with Gasteiger partial charge < -0.3 is 14.3 Å². The summed E-state index contributed by atoms with van der Waals surface area (Å²) in [7, 11) is 0. The first-order valence-corrected chi connectivity index (χ1v) is 8.15. The van der Waals surface area contributed by atoms with E-state index in [2.05, 4.69) is 21.1 Å². The molecule has 0 saturated carbocycles. The van der Waals surface area contributed by atoms with Gasteiger partial charge in [-0.2, -0.15) is 0 Å². The Hall–Kier alpha value is -0.910. The first kappa shape index (κ1) is 19.1. The standard InChI is InChI=1S/C15H18BrCl2NO3/c1-10(2)19-22-7-6-21-15-11(3)8-12(9-13(15)16)20-5-4-14(17)18/h4,8-9H,5-7H2,1-3H3. The minimum absolute atomic E-state index is 0.181. The molecule has 0 aliphatic carbocycles. The molecule has 0 aromatic heterocycles. The summed E-state index contributed by atoms with van der Waals surface area (Å²) in [6.45, 7) is 6.76. The highest BCUT2D eigenvalue weighted by Crippen LogP contribution is 2.33. The van der Waals surface area contributed by atoms with Crippen LogP contribution in [0.1, 0.15) is 19.4 Å². The molecule has 0 aliphatic heterocycles. The van der Waals surface area contributed by atoms with Gasteiger partial charge in [0.15, 0.2) is 6.61 Å². The van der Waals surface area contributed by atoms with Gasteiger partial charge in [-0.3, -0.25) is 0 Å². The van der Waals surface area contributed by atoms with Gasteiger partial charge in [0, 0.05) is 0 Å². The third kappa shape index (κ3) is 7.38. The third-order valence-electron chi connectivity index (χ3n) is 2.36. The molecule has 0 heterocycles. The van der Waals surface area contributed by atoms with Crippen molar-refractivity contribution in [1.82, 2.24) is 0 Å². The van der Waals surface area contributed by atoms with Crippen LogP contribution >= 0.6 is 39.1 Å². The minimum atomic E-state index is 0.181. The van der Waals surface area contributed by atoms with Gasteiger partial charge in [0.25, 0.3) is 0 Å². The second-order valence-corrected chi connectivity index (χ2v) is 6.44. The average Bonchev–Trinajstić information content (AvgIpc) is 2.40. The maximum atomic E-state index is 5.70. The summed E-state index contributed by atoms with van der Waals surface area (Å²) < 4.78 is 12.2. The molecular weight excluding hydrogens is 393 g/mol. The Bertz CT molecular complexity index is 531. The van der Waals surface area contributed by atoms with E-state index in [1.807, 2.05) is 32.9 Å². The van der Waals surface area contributed by atoms with E-state index in [0.29, 0.717) is 25.6 Å². The Balaban J connectivity index is 2.58. The maximum Gasteiger partial charge on any atom is 0.151 e. The molecule has 0 radical (unpaired) electrons. The summed E-state index contributed by atoms with van der Waals surface area (Å²) in [6, 6.07) is 3.71. The van der Waals surface area contributed by atoms with Gasteiger partial charge in [0.1, 0.15) is 29.2 Å². The van der Waals surface area contributed by atoms with Crippen molar-refractivity contribution in [3.63, 3.8) is 0 Å². The van der Waals surface area contributed by atoms with Crippen molar-refractivity contribution in [3.8, 4) is 11.5 Å². The summed E-state index contributed by atoms with van der Waals surface area (Å²) in [4.78, 5) is 5.09. The highest BCUT2D eigenvalue weighted by Gasteiger charge is 2.08. The van der Waals surface area contributed by atoms with Crippen LogP contribution in [0.2, 0.25) is 0 Å². The van der Waals surface area contributed by atoms with Gasteiger partial charge in [0.05, 0.1) is 10.2 Å². The second kappa shape index (κ2) is 9.98. The molecule has 0 atom stereocenters. The van der Waals surface area contributed by atoms with Gasteiger partial charge in [-0.25, -0.2) is 0 Å². The number of oxime groups is 1. The zero-order chi connectivity index (χ0) is 16.5. The van der Waals surface area contributed by atoms with E-state index < -0.39 is 0 Å². The quantitative estimate of drug-likeness (QED) is 0.334. The van der Waals surface area contributed by atoms with E-state index in [0.717, 1.165) is 21.5 Å². The zero-order valence-corrected chi connectivity index (χ0v) is 15.8. The Morgan fingerprint density at radius 2 is 1.95 bits per heavy atom. The highest BCUT2D eigenvalue weighted by molar-refractivity contribution is 9.10. The van der Waals surface area contributed by atoms with Crippen LogP contribution in [0.5, 0.6) is 11.5 Å². The zero-order valence-electron chi connectivity index (χ0n) is 12.7. The molecule has 1 aromatic carbocycles. The van der Waals surface area contributed by atoms with Crippen molar-refractivity contribution < 1.29 is 14.3 Å². The first-order chi connectivity index (χ1) is 10.4. The molecule has 122 valence electrons. The Morgan fingerprint density at radius 3 is 2.55 bits per heavy atom. The summed E-state index contributed by atoms with van der Waals surface area (Å²) in [5, 5.41) is 3.84. The molecule has 1 rings (SSSR count). The number of nitrogens with zero attached hydrogens (tertiary/aromatic N) is 1. The lowest BCUT2D eigenvalue weighted by atomic mass is 10.2. The van der Waals surface area contributed by atoms with Gasteiger partial charge in [-0.1, -0.05) is 28.4 Å². The van der Waals surface area contributed by atoms with E-state index in [-0.39, 0.29) is 4.49 Å². The van der Waals surface area contributed by atoms with E-state index >= 15 is 0 Å². The fourth-order valence-corrected chi connectivity index (χ4v) is 2.30. The molecule has 0 spiro atoms. The third-order valence-corrected chi connectivity index (χ3v) is 3.26. The number of hydrogen-bond donors (Lipinski definition) is 0. The van der Waals surface area contributed by atoms with Crippen molar-refractivity contribution in [3.05, 3.63) is 32.7 Å². The average molecular weight is 411 g/mol. The van der Waals surface area contributed by atoms with E-state index in [1.165, 1.54) is 0 Å². The smallest absolute Gasteiger partial charge is 0.151 e. The lowest BCUT2D eigenvalue weighted by molar-refractivity contribution is 0.106. The van der Waals surface area contributed by atoms with Crippen LogP contribution < -0.4 is 9.47 Å². The van der Waals surface area contributed by atoms with Crippen LogP contribution in [0, 0.1) is 6.92 Å². The van der Waals surface area contributed by atoms with Gasteiger partial charge >= 0.3 is 0 Å². The number of ether oxygens (including phenoxy) is 2. The predicted octanol–water partition coefficient (Wildman–Crippen LogP) is 5.25. The van der Waals surface area contributed by atoms with Crippen LogP contribution in [0.4, 0.5) is 0 Å². The lowest BCUT2D eigenvalue weighted by Gasteiger charge is -2.13. The molecule has 0 saturated heterocycles. The first-order valence-electron chi connectivity index (χ1n) is 6.60. The van der Waals surface area contributed by atoms with Crippen LogP contribution in [-0.4, -0.2) is 25.5 Å². The minimum Gasteiger partial charge on any atom is -0.489 e. The Morgan fingerprint density at radius 1 is 1.23 bits per heavy atom. The number of rotatable bonds is 8. The van der Waals surface area contributed by atoms with Crippen molar-refractivity contribution in [2.75, 3.05) is 19.8 Å². The van der Waals surface area contributed by atoms with E-state index in [4.69, 9.17) is 37.5 Å². The van der Waals surface area contributed by atoms with Gasteiger partial charge in [0.2, 0.25) is 0 Å². The predicted molar refractivity (Wildman–Crippen MR) is 94.4 cm³/mol. The Labute approximate surface area is 149 Å². The molecule has 0 aliphatic rings. The molecule has 0 fully saturated rings. The van der Waals surface area contributed by atoms with Crippen molar-refractivity contribution >= 4 is 44.8 Å². The van der Waals surface area contributed by atoms with Crippen LogP contribution in [0.15, 0.2) is 32.3 Å². The topological polar surface area (TPSA) is 40.0 Å². The van der Waals surface area contributed by atoms with Crippen LogP contribution in [0.25, 0.3) is 0 Å². The van der Waals surface area contributed by atoms with Gasteiger partial charge in [-0.15, -0.1) is 0 Å². The summed E-state index contributed by atoms with van der Waals surface area (Å²) in [6.07, 6.45) is 1.57. The largest absolute Gasteiger partial charge is 0.489 e. The maximum absolute atomic E-state index is 5.70. The monoisotopic (exact) mass is 409 g/mol. The molecule has 7 heteroatoms. The SMILES string of the molecule is CC(C)=NOCCOc1c(C)cc(OCC=C(Cl)Cl)cc1Br. The Kier molecular flexibility index (Phi) is 8.68. The molecule has 0 bridgehead atoms. The van der Waals surface area contributed by atoms with E-state index in [9.17, 15) is 0 Å². The molecule has 22 heavy (non-hydrogen) atoms. The van der Waals surface area contributed by atoms with Crippen LogP contribution in [-0.2, 0) is 4.84 Å². The van der Waals surface area contributed by atoms with Crippen molar-refractivity contribution in [2.24, 2.45) is 5.16 Å². The normalized spacial score (nSPS) is 9.91. The number of aryl methyl sites for hydroxylation is 1.